The monoisotopic (exact) mass is 349 g/mol. The van der Waals surface area contributed by atoms with E-state index in [1.54, 1.807) is 0 Å². The summed E-state index contributed by atoms with van der Waals surface area (Å²) in [5, 5.41) is 16.5. The number of aliphatic imine (C=N–C) groups is 1. The molecule has 1 atom stereocenters. The van der Waals surface area contributed by atoms with Gasteiger partial charge in [0.2, 0.25) is 0 Å². The first-order valence-corrected chi connectivity index (χ1v) is 9.25. The summed E-state index contributed by atoms with van der Waals surface area (Å²) in [6.45, 7) is 13.4. The van der Waals surface area contributed by atoms with E-state index in [1.165, 1.54) is 16.7 Å². The van der Waals surface area contributed by atoms with E-state index in [9.17, 15) is 5.11 Å². The Labute approximate surface area is 152 Å². The lowest BCUT2D eigenvalue weighted by molar-refractivity contribution is 0.0301. The van der Waals surface area contributed by atoms with E-state index < -0.39 is 6.10 Å². The van der Waals surface area contributed by atoms with Gasteiger partial charge in [-0.3, -0.25) is 4.99 Å². The summed E-state index contributed by atoms with van der Waals surface area (Å²) >= 11 is 0. The van der Waals surface area contributed by atoms with Crippen molar-refractivity contribution in [3.05, 3.63) is 34.9 Å². The van der Waals surface area contributed by atoms with Gasteiger partial charge in [-0.2, -0.15) is 0 Å². The smallest absolute Gasteiger partial charge is 0.191 e. The zero-order valence-electron chi connectivity index (χ0n) is 16.4. The average molecular weight is 350 g/mol. The Balaban J connectivity index is 2.41. The fourth-order valence-electron chi connectivity index (χ4n) is 2.57. The molecule has 0 aromatic heterocycles. The first-order chi connectivity index (χ1) is 11.9. The Bertz CT molecular complexity index is 509. The summed E-state index contributed by atoms with van der Waals surface area (Å²) < 4.78 is 5.45. The van der Waals surface area contributed by atoms with Gasteiger partial charge in [0, 0.05) is 19.7 Å². The molecule has 1 aromatic carbocycles. The van der Waals surface area contributed by atoms with Crippen LogP contribution in [0.3, 0.4) is 0 Å². The molecule has 0 spiro atoms. The van der Waals surface area contributed by atoms with Crippen molar-refractivity contribution in [3.63, 3.8) is 0 Å². The Morgan fingerprint density at radius 2 is 1.80 bits per heavy atom. The largest absolute Gasteiger partial charge is 0.389 e. The zero-order chi connectivity index (χ0) is 18.7. The van der Waals surface area contributed by atoms with Gasteiger partial charge in [0.25, 0.3) is 0 Å². The van der Waals surface area contributed by atoms with Crippen molar-refractivity contribution in [3.8, 4) is 0 Å². The average Bonchev–Trinajstić information content (AvgIpc) is 2.51. The van der Waals surface area contributed by atoms with Gasteiger partial charge < -0.3 is 20.5 Å². The zero-order valence-corrected chi connectivity index (χ0v) is 16.4. The molecule has 0 aliphatic carbocycles. The normalized spacial score (nSPS) is 13.2. The Hall–Kier alpha value is -1.59. The van der Waals surface area contributed by atoms with Gasteiger partial charge >= 0.3 is 0 Å². The van der Waals surface area contributed by atoms with Crippen molar-refractivity contribution in [1.29, 1.82) is 0 Å². The number of ether oxygens (including phenoxy) is 1. The van der Waals surface area contributed by atoms with Gasteiger partial charge in [0.1, 0.15) is 0 Å². The number of aliphatic hydroxyl groups excluding tert-OH is 1. The minimum atomic E-state index is -0.575. The summed E-state index contributed by atoms with van der Waals surface area (Å²) in [7, 11) is 0. The van der Waals surface area contributed by atoms with Crippen molar-refractivity contribution in [1.82, 2.24) is 10.6 Å². The molecule has 0 aliphatic rings. The highest BCUT2D eigenvalue weighted by molar-refractivity contribution is 5.79. The number of aryl methyl sites for hydroxylation is 2. The molecule has 0 aliphatic heterocycles. The maximum absolute atomic E-state index is 9.96. The lowest BCUT2D eigenvalue weighted by Gasteiger charge is -2.14. The minimum absolute atomic E-state index is 0.323. The Morgan fingerprint density at radius 3 is 2.40 bits per heavy atom. The molecule has 0 radical (unpaired) electrons. The van der Waals surface area contributed by atoms with Gasteiger partial charge in [-0.15, -0.1) is 0 Å². The van der Waals surface area contributed by atoms with E-state index in [1.807, 2.05) is 6.92 Å². The molecule has 1 aromatic rings. The number of benzene rings is 1. The van der Waals surface area contributed by atoms with Crippen molar-refractivity contribution in [2.75, 3.05) is 32.8 Å². The lowest BCUT2D eigenvalue weighted by atomic mass is 10.1. The second kappa shape index (κ2) is 11.9. The lowest BCUT2D eigenvalue weighted by Crippen LogP contribution is -2.39. The van der Waals surface area contributed by atoms with Crippen LogP contribution in [-0.2, 0) is 11.2 Å². The van der Waals surface area contributed by atoms with Crippen LogP contribution in [0.4, 0.5) is 0 Å². The summed E-state index contributed by atoms with van der Waals surface area (Å²) in [4.78, 5) is 4.44. The molecule has 0 saturated heterocycles. The van der Waals surface area contributed by atoms with Gasteiger partial charge in [-0.05, 0) is 38.7 Å². The molecule has 1 rings (SSSR count). The molecule has 0 saturated carbocycles. The standard InChI is InChI=1S/C20H35N3O2/c1-6-21-20(23-12-19(24)14-25-13-15(2)3)22-8-7-18-10-16(4)9-17(5)11-18/h9-11,15,19,24H,6-8,12-14H2,1-5H3,(H2,21,22,23). The number of nitrogens with zero attached hydrogens (tertiary/aromatic N) is 1. The molecule has 5 nitrogen and oxygen atoms in total. The fourth-order valence-corrected chi connectivity index (χ4v) is 2.57. The van der Waals surface area contributed by atoms with E-state index >= 15 is 0 Å². The highest BCUT2D eigenvalue weighted by atomic mass is 16.5. The molecule has 1 unspecified atom stereocenters. The van der Waals surface area contributed by atoms with Crippen LogP contribution in [0, 0.1) is 19.8 Å². The van der Waals surface area contributed by atoms with Gasteiger partial charge in [-0.1, -0.05) is 43.2 Å². The second-order valence-electron chi connectivity index (χ2n) is 6.98. The van der Waals surface area contributed by atoms with E-state index in [0.29, 0.717) is 25.7 Å². The molecule has 5 heteroatoms. The summed E-state index contributed by atoms with van der Waals surface area (Å²) in [5.74, 6) is 1.20. The number of hydrogen-bond donors (Lipinski definition) is 3. The van der Waals surface area contributed by atoms with Gasteiger partial charge in [-0.25, -0.2) is 0 Å². The van der Waals surface area contributed by atoms with Crippen LogP contribution < -0.4 is 10.6 Å². The number of nitrogens with one attached hydrogen (secondary N) is 2. The van der Waals surface area contributed by atoms with Crippen molar-refractivity contribution in [2.24, 2.45) is 10.9 Å². The third kappa shape index (κ3) is 10.1. The molecular formula is C20H35N3O2. The molecule has 25 heavy (non-hydrogen) atoms. The van der Waals surface area contributed by atoms with Crippen molar-refractivity contribution in [2.45, 2.75) is 47.1 Å². The maximum atomic E-state index is 9.96. The highest BCUT2D eigenvalue weighted by Gasteiger charge is 2.06. The summed E-state index contributed by atoms with van der Waals surface area (Å²) in [5.41, 5.74) is 3.91. The minimum Gasteiger partial charge on any atom is -0.389 e. The Kier molecular flexibility index (Phi) is 10.2. The van der Waals surface area contributed by atoms with Crippen LogP contribution >= 0.6 is 0 Å². The van der Waals surface area contributed by atoms with E-state index in [4.69, 9.17) is 4.74 Å². The van der Waals surface area contributed by atoms with Crippen LogP contribution in [0.15, 0.2) is 23.2 Å². The molecular weight excluding hydrogens is 314 g/mol. The fraction of sp³-hybridized carbons (Fsp3) is 0.650. The van der Waals surface area contributed by atoms with Gasteiger partial charge in [0.15, 0.2) is 5.96 Å². The van der Waals surface area contributed by atoms with Gasteiger partial charge in [0.05, 0.1) is 19.3 Å². The molecule has 0 bridgehead atoms. The number of rotatable bonds is 10. The van der Waals surface area contributed by atoms with Crippen LogP contribution in [0.2, 0.25) is 0 Å². The summed E-state index contributed by atoms with van der Waals surface area (Å²) in [6, 6.07) is 6.62. The molecule has 142 valence electrons. The van der Waals surface area contributed by atoms with Crippen molar-refractivity contribution < 1.29 is 9.84 Å². The van der Waals surface area contributed by atoms with Crippen LogP contribution in [-0.4, -0.2) is 50.0 Å². The highest BCUT2D eigenvalue weighted by Crippen LogP contribution is 2.08. The molecule has 0 heterocycles. The SMILES string of the molecule is CCNC(=NCC(O)COCC(C)C)NCCc1cc(C)cc(C)c1. The number of hydrogen-bond acceptors (Lipinski definition) is 3. The first-order valence-electron chi connectivity index (χ1n) is 9.25. The number of guanidine groups is 1. The topological polar surface area (TPSA) is 65.9 Å². The quantitative estimate of drug-likeness (QED) is 0.448. The second-order valence-corrected chi connectivity index (χ2v) is 6.98. The number of aliphatic hydroxyl groups is 1. The van der Waals surface area contributed by atoms with E-state index in [2.05, 4.69) is 61.5 Å². The Morgan fingerprint density at radius 1 is 1.12 bits per heavy atom. The van der Waals surface area contributed by atoms with Crippen LogP contribution in [0.1, 0.15) is 37.5 Å². The third-order valence-electron chi connectivity index (χ3n) is 3.55. The summed E-state index contributed by atoms with van der Waals surface area (Å²) in [6.07, 6.45) is 0.362. The predicted molar refractivity (Wildman–Crippen MR) is 105 cm³/mol. The van der Waals surface area contributed by atoms with E-state index in [0.717, 1.165) is 25.5 Å². The molecule has 3 N–H and O–H groups in total. The maximum Gasteiger partial charge on any atom is 0.191 e. The van der Waals surface area contributed by atoms with Crippen LogP contribution in [0.25, 0.3) is 0 Å². The van der Waals surface area contributed by atoms with Crippen molar-refractivity contribution >= 4 is 5.96 Å². The van der Waals surface area contributed by atoms with Crippen LogP contribution in [0.5, 0.6) is 0 Å². The first kappa shape index (κ1) is 21.5. The predicted octanol–water partition coefficient (Wildman–Crippen LogP) is 2.43. The molecule has 0 amide bonds. The third-order valence-corrected chi connectivity index (χ3v) is 3.55. The van der Waals surface area contributed by atoms with E-state index in [-0.39, 0.29) is 0 Å². The molecule has 0 fully saturated rings.